The number of likely N-dealkylation sites (N-methyl/N-ethyl adjacent to an activating group) is 1. The number of fused-ring (bicyclic) bond motifs is 1. The molecule has 0 spiro atoms. The summed E-state index contributed by atoms with van der Waals surface area (Å²) in [4.78, 5) is 21.3. The smallest absolute Gasteiger partial charge is 0.170 e. The number of methoxy groups -OCH3 is 1. The highest BCUT2D eigenvalue weighted by molar-refractivity contribution is 6.31. The number of carbonyl (C=O) groups excluding carboxylic acids is 1. The molecule has 0 aliphatic carbocycles. The number of nitrogens with one attached hydrogen (secondary N) is 3. The number of anilines is 2. The maximum absolute atomic E-state index is 14.4. The molecule has 1 aromatic heterocycles. The lowest BCUT2D eigenvalue weighted by Crippen LogP contribution is -2.55. The SMILES string of the molecule is CNCC(=O)[C@@]1(COc2cc3c(Nc4cccc(Cl)c4F)ncnc3cc2OC)CCCN1. The number of carbonyl (C=O) groups is 1. The van der Waals surface area contributed by atoms with Gasteiger partial charge in [0.1, 0.15) is 24.3 Å². The Morgan fingerprint density at radius 2 is 2.15 bits per heavy atom. The second-order valence-corrected chi connectivity index (χ2v) is 8.23. The van der Waals surface area contributed by atoms with E-state index in [-0.39, 0.29) is 29.6 Å². The summed E-state index contributed by atoms with van der Waals surface area (Å²) in [7, 11) is 3.27. The summed E-state index contributed by atoms with van der Waals surface area (Å²) >= 11 is 5.91. The molecule has 0 bridgehead atoms. The summed E-state index contributed by atoms with van der Waals surface area (Å²) in [6, 6.07) is 8.13. The number of nitrogens with zero attached hydrogens (tertiary/aromatic N) is 2. The second-order valence-electron chi connectivity index (χ2n) is 7.82. The first kappa shape index (κ1) is 23.2. The highest BCUT2D eigenvalue weighted by Crippen LogP contribution is 2.36. The third kappa shape index (κ3) is 4.71. The molecular weight excluding hydrogens is 449 g/mol. The minimum atomic E-state index is -0.763. The fourth-order valence-electron chi connectivity index (χ4n) is 3.94. The fraction of sp³-hybridized carbons (Fsp3) is 0.348. The van der Waals surface area contributed by atoms with Crippen molar-refractivity contribution in [3.05, 3.63) is 47.5 Å². The first-order valence-electron chi connectivity index (χ1n) is 10.6. The van der Waals surface area contributed by atoms with Gasteiger partial charge >= 0.3 is 0 Å². The van der Waals surface area contributed by atoms with Crippen molar-refractivity contribution in [1.82, 2.24) is 20.6 Å². The van der Waals surface area contributed by atoms with Gasteiger partial charge in [0, 0.05) is 11.5 Å². The molecule has 33 heavy (non-hydrogen) atoms. The Hall–Kier alpha value is -3.01. The van der Waals surface area contributed by atoms with E-state index in [0.717, 1.165) is 13.0 Å². The lowest BCUT2D eigenvalue weighted by molar-refractivity contribution is -0.125. The highest BCUT2D eigenvalue weighted by Gasteiger charge is 2.41. The van der Waals surface area contributed by atoms with Gasteiger partial charge in [-0.25, -0.2) is 14.4 Å². The lowest BCUT2D eigenvalue weighted by atomic mass is 9.93. The molecule has 1 aliphatic rings. The molecule has 0 saturated carbocycles. The van der Waals surface area contributed by atoms with E-state index in [4.69, 9.17) is 21.1 Å². The van der Waals surface area contributed by atoms with E-state index in [0.29, 0.717) is 34.6 Å². The van der Waals surface area contributed by atoms with Crippen LogP contribution in [0, 0.1) is 5.82 Å². The number of ether oxygens (including phenoxy) is 2. The Labute approximate surface area is 195 Å². The van der Waals surface area contributed by atoms with Gasteiger partial charge in [0.2, 0.25) is 0 Å². The van der Waals surface area contributed by atoms with Crippen LogP contribution in [-0.2, 0) is 4.79 Å². The summed E-state index contributed by atoms with van der Waals surface area (Å²) in [5, 5.41) is 9.81. The molecule has 1 fully saturated rings. The van der Waals surface area contributed by atoms with Crippen LogP contribution in [0.15, 0.2) is 36.7 Å². The number of ketones is 1. The third-order valence-corrected chi connectivity index (χ3v) is 6.01. The molecule has 3 N–H and O–H groups in total. The van der Waals surface area contributed by atoms with Crippen LogP contribution in [-0.4, -0.2) is 55.1 Å². The zero-order chi connectivity index (χ0) is 23.4. The van der Waals surface area contributed by atoms with Gasteiger partial charge in [0.25, 0.3) is 0 Å². The van der Waals surface area contributed by atoms with Gasteiger partial charge in [0.15, 0.2) is 23.1 Å². The fourth-order valence-corrected chi connectivity index (χ4v) is 4.12. The number of Topliss-reactive ketones (excluding diaryl/α,β-unsaturated/α-hetero) is 1. The van der Waals surface area contributed by atoms with Gasteiger partial charge in [-0.3, -0.25) is 4.79 Å². The second kappa shape index (κ2) is 9.86. The van der Waals surface area contributed by atoms with Gasteiger partial charge in [-0.1, -0.05) is 17.7 Å². The molecule has 4 rings (SSSR count). The Kier molecular flexibility index (Phi) is 6.92. The van der Waals surface area contributed by atoms with Crippen molar-refractivity contribution < 1.29 is 18.7 Å². The monoisotopic (exact) mass is 473 g/mol. The van der Waals surface area contributed by atoms with Crippen molar-refractivity contribution in [1.29, 1.82) is 0 Å². The number of rotatable bonds is 9. The van der Waals surface area contributed by atoms with E-state index in [1.165, 1.54) is 19.5 Å². The molecule has 2 heterocycles. The van der Waals surface area contributed by atoms with Crippen molar-refractivity contribution >= 4 is 39.8 Å². The Morgan fingerprint density at radius 3 is 2.88 bits per heavy atom. The molecule has 3 aromatic rings. The average Bonchev–Trinajstić information content (AvgIpc) is 3.31. The minimum Gasteiger partial charge on any atom is -0.493 e. The summed E-state index contributed by atoms with van der Waals surface area (Å²) in [5.74, 6) is 0.751. The molecule has 10 heteroatoms. The predicted molar refractivity (Wildman–Crippen MR) is 125 cm³/mol. The molecule has 174 valence electrons. The standard InChI is InChI=1S/C23H25ClFN5O3/c1-26-11-20(31)23(7-4-8-29-23)12-33-19-9-14-17(10-18(19)32-2)27-13-28-22(14)30-16-6-3-5-15(24)21(16)25/h3,5-6,9-10,13,26,29H,4,7-8,11-12H2,1-2H3,(H,27,28,30)/t23-/m0/s1. The summed E-state index contributed by atoms with van der Waals surface area (Å²) < 4.78 is 26.1. The van der Waals surface area contributed by atoms with E-state index in [2.05, 4.69) is 25.9 Å². The molecule has 1 atom stereocenters. The van der Waals surface area contributed by atoms with Crippen LogP contribution in [0.25, 0.3) is 10.9 Å². The number of hydrogen-bond acceptors (Lipinski definition) is 8. The highest BCUT2D eigenvalue weighted by atomic mass is 35.5. The first-order chi connectivity index (χ1) is 16.0. The molecule has 2 aromatic carbocycles. The zero-order valence-corrected chi connectivity index (χ0v) is 19.1. The average molecular weight is 474 g/mol. The Morgan fingerprint density at radius 1 is 1.30 bits per heavy atom. The van der Waals surface area contributed by atoms with Gasteiger partial charge in [-0.2, -0.15) is 0 Å². The largest absolute Gasteiger partial charge is 0.493 e. The van der Waals surface area contributed by atoms with E-state index in [1.54, 1.807) is 31.3 Å². The van der Waals surface area contributed by atoms with E-state index in [9.17, 15) is 9.18 Å². The van der Waals surface area contributed by atoms with E-state index < -0.39 is 11.4 Å². The summed E-state index contributed by atoms with van der Waals surface area (Å²) in [6.07, 6.45) is 2.95. The molecule has 0 unspecified atom stereocenters. The normalized spacial score (nSPS) is 17.8. The molecule has 0 radical (unpaired) electrons. The molecule has 1 saturated heterocycles. The number of hydrogen-bond donors (Lipinski definition) is 3. The molecule has 1 aliphatic heterocycles. The van der Waals surface area contributed by atoms with Gasteiger partial charge < -0.3 is 25.4 Å². The molecule has 0 amide bonds. The number of aromatic nitrogens is 2. The summed E-state index contributed by atoms with van der Waals surface area (Å²) in [6.45, 7) is 1.15. The van der Waals surface area contributed by atoms with Crippen LogP contribution in [0.2, 0.25) is 5.02 Å². The van der Waals surface area contributed by atoms with Crippen LogP contribution in [0.4, 0.5) is 15.9 Å². The molecular formula is C23H25ClFN5O3. The lowest BCUT2D eigenvalue weighted by Gasteiger charge is -2.28. The maximum atomic E-state index is 14.4. The van der Waals surface area contributed by atoms with Crippen LogP contribution >= 0.6 is 11.6 Å². The Bertz CT molecular complexity index is 1170. The van der Waals surface area contributed by atoms with Crippen LogP contribution in [0.1, 0.15) is 12.8 Å². The Balaban J connectivity index is 1.67. The predicted octanol–water partition coefficient (Wildman–Crippen LogP) is 3.46. The third-order valence-electron chi connectivity index (χ3n) is 5.71. The number of halogens is 2. The zero-order valence-electron chi connectivity index (χ0n) is 18.4. The minimum absolute atomic E-state index is 0.00431. The first-order valence-corrected chi connectivity index (χ1v) is 10.9. The van der Waals surface area contributed by atoms with Gasteiger partial charge in [-0.05, 0) is 44.6 Å². The summed E-state index contributed by atoms with van der Waals surface area (Å²) in [5.41, 5.74) is 0.00732. The van der Waals surface area contributed by atoms with Gasteiger partial charge in [-0.15, -0.1) is 0 Å². The van der Waals surface area contributed by atoms with Crippen LogP contribution < -0.4 is 25.4 Å². The molecule has 8 nitrogen and oxygen atoms in total. The number of benzene rings is 2. The van der Waals surface area contributed by atoms with E-state index >= 15 is 0 Å². The maximum Gasteiger partial charge on any atom is 0.170 e. The van der Waals surface area contributed by atoms with Crippen molar-refractivity contribution in [2.75, 3.05) is 39.2 Å². The van der Waals surface area contributed by atoms with E-state index in [1.807, 2.05) is 0 Å². The quantitative estimate of drug-likeness (QED) is 0.434. The van der Waals surface area contributed by atoms with Gasteiger partial charge in [0.05, 0.1) is 29.9 Å². The van der Waals surface area contributed by atoms with Crippen LogP contribution in [0.5, 0.6) is 11.5 Å². The van der Waals surface area contributed by atoms with Crippen molar-refractivity contribution in [2.24, 2.45) is 0 Å². The van der Waals surface area contributed by atoms with Crippen LogP contribution in [0.3, 0.4) is 0 Å². The van der Waals surface area contributed by atoms with Crippen molar-refractivity contribution in [3.63, 3.8) is 0 Å². The van der Waals surface area contributed by atoms with Crippen molar-refractivity contribution in [2.45, 2.75) is 18.4 Å². The van der Waals surface area contributed by atoms with Crippen molar-refractivity contribution in [3.8, 4) is 11.5 Å². The topological polar surface area (TPSA) is 97.4 Å².